The van der Waals surface area contributed by atoms with Gasteiger partial charge in [-0.15, -0.1) is 0 Å². The van der Waals surface area contributed by atoms with Crippen molar-refractivity contribution in [2.24, 2.45) is 5.92 Å². The Morgan fingerprint density at radius 1 is 1.11 bits per heavy atom. The smallest absolute Gasteiger partial charge is 0.0424 e. The van der Waals surface area contributed by atoms with Gasteiger partial charge in [-0.3, -0.25) is 0 Å². The minimum atomic E-state index is 0.654. The largest absolute Gasteiger partial charge is 0.310 e. The standard InChI is InChI=1S/C15H21Cl2N/c1-2-12-5-3-4-6-15(12)18-10-11-7-13(16)9-14(17)8-11/h7-9,12,15,18H,2-6,10H2,1H3. The summed E-state index contributed by atoms with van der Waals surface area (Å²) >= 11 is 12.0. The molecule has 1 aliphatic carbocycles. The lowest BCUT2D eigenvalue weighted by Crippen LogP contribution is -2.37. The predicted octanol–water partition coefficient (Wildman–Crippen LogP) is 5.05. The van der Waals surface area contributed by atoms with Crippen LogP contribution in [-0.2, 0) is 6.54 Å². The lowest BCUT2D eigenvalue weighted by atomic mass is 9.83. The highest BCUT2D eigenvalue weighted by atomic mass is 35.5. The van der Waals surface area contributed by atoms with Crippen LogP contribution in [0.2, 0.25) is 10.0 Å². The Hall–Kier alpha value is -0.240. The van der Waals surface area contributed by atoms with Crippen LogP contribution < -0.4 is 5.32 Å². The summed E-state index contributed by atoms with van der Waals surface area (Å²) in [5, 5.41) is 5.11. The van der Waals surface area contributed by atoms with Crippen molar-refractivity contribution < 1.29 is 0 Å². The molecule has 0 spiro atoms. The molecule has 0 aromatic heterocycles. The van der Waals surface area contributed by atoms with Gasteiger partial charge in [-0.1, -0.05) is 49.4 Å². The maximum Gasteiger partial charge on any atom is 0.0424 e. The van der Waals surface area contributed by atoms with Crippen LogP contribution in [0.5, 0.6) is 0 Å². The van der Waals surface area contributed by atoms with E-state index in [9.17, 15) is 0 Å². The highest BCUT2D eigenvalue weighted by Crippen LogP contribution is 2.27. The summed E-state index contributed by atoms with van der Waals surface area (Å²) < 4.78 is 0. The molecule has 1 saturated carbocycles. The van der Waals surface area contributed by atoms with E-state index in [1.807, 2.05) is 12.1 Å². The van der Waals surface area contributed by atoms with Gasteiger partial charge >= 0.3 is 0 Å². The van der Waals surface area contributed by atoms with Crippen molar-refractivity contribution in [2.45, 2.75) is 51.6 Å². The first-order valence-electron chi connectivity index (χ1n) is 6.87. The van der Waals surface area contributed by atoms with Crippen LogP contribution in [0.1, 0.15) is 44.6 Å². The number of hydrogen-bond acceptors (Lipinski definition) is 1. The zero-order chi connectivity index (χ0) is 13.0. The molecule has 0 radical (unpaired) electrons. The van der Waals surface area contributed by atoms with Crippen molar-refractivity contribution in [2.75, 3.05) is 0 Å². The topological polar surface area (TPSA) is 12.0 Å². The number of rotatable bonds is 4. The van der Waals surface area contributed by atoms with Crippen molar-refractivity contribution in [3.05, 3.63) is 33.8 Å². The summed E-state index contributed by atoms with van der Waals surface area (Å²) in [6.07, 6.45) is 6.68. The molecular weight excluding hydrogens is 265 g/mol. The van der Waals surface area contributed by atoms with Crippen LogP contribution in [0.4, 0.5) is 0 Å². The molecule has 1 aliphatic rings. The molecule has 2 atom stereocenters. The maximum absolute atomic E-state index is 6.02. The Morgan fingerprint density at radius 3 is 2.44 bits per heavy atom. The van der Waals surface area contributed by atoms with Gasteiger partial charge in [0.1, 0.15) is 0 Å². The number of nitrogens with one attached hydrogen (secondary N) is 1. The van der Waals surface area contributed by atoms with Gasteiger partial charge in [-0.2, -0.15) is 0 Å². The SMILES string of the molecule is CCC1CCCCC1NCc1cc(Cl)cc(Cl)c1. The minimum Gasteiger partial charge on any atom is -0.310 e. The molecule has 18 heavy (non-hydrogen) atoms. The fraction of sp³-hybridized carbons (Fsp3) is 0.600. The van der Waals surface area contributed by atoms with E-state index in [0.29, 0.717) is 6.04 Å². The summed E-state index contributed by atoms with van der Waals surface area (Å²) in [5.41, 5.74) is 1.17. The lowest BCUT2D eigenvalue weighted by molar-refractivity contribution is 0.254. The van der Waals surface area contributed by atoms with E-state index >= 15 is 0 Å². The third kappa shape index (κ3) is 3.88. The van der Waals surface area contributed by atoms with Crippen LogP contribution in [0.25, 0.3) is 0 Å². The number of benzene rings is 1. The van der Waals surface area contributed by atoms with Crippen LogP contribution in [-0.4, -0.2) is 6.04 Å². The predicted molar refractivity (Wildman–Crippen MR) is 79.3 cm³/mol. The third-order valence-electron chi connectivity index (χ3n) is 3.92. The Bertz CT molecular complexity index is 372. The first-order valence-corrected chi connectivity index (χ1v) is 7.63. The number of hydrogen-bond donors (Lipinski definition) is 1. The molecule has 1 aromatic rings. The highest BCUT2D eigenvalue weighted by Gasteiger charge is 2.22. The van der Waals surface area contributed by atoms with Gasteiger partial charge < -0.3 is 5.32 Å². The zero-order valence-corrected chi connectivity index (χ0v) is 12.4. The van der Waals surface area contributed by atoms with Gasteiger partial charge in [-0.25, -0.2) is 0 Å². The summed E-state index contributed by atoms with van der Waals surface area (Å²) in [7, 11) is 0. The van der Waals surface area contributed by atoms with Crippen LogP contribution >= 0.6 is 23.2 Å². The van der Waals surface area contributed by atoms with Crippen molar-refractivity contribution in [1.82, 2.24) is 5.32 Å². The van der Waals surface area contributed by atoms with Crippen LogP contribution in [0.3, 0.4) is 0 Å². The van der Waals surface area contributed by atoms with Gasteiger partial charge in [0, 0.05) is 22.6 Å². The quantitative estimate of drug-likeness (QED) is 0.816. The van der Waals surface area contributed by atoms with Crippen molar-refractivity contribution >= 4 is 23.2 Å². The first-order chi connectivity index (χ1) is 8.69. The Morgan fingerprint density at radius 2 is 1.78 bits per heavy atom. The third-order valence-corrected chi connectivity index (χ3v) is 4.36. The van der Waals surface area contributed by atoms with Gasteiger partial charge in [0.15, 0.2) is 0 Å². The fourth-order valence-electron chi connectivity index (χ4n) is 2.93. The van der Waals surface area contributed by atoms with Crippen molar-refractivity contribution in [3.8, 4) is 0 Å². The van der Waals surface area contributed by atoms with E-state index in [-0.39, 0.29) is 0 Å². The van der Waals surface area contributed by atoms with Crippen LogP contribution in [0.15, 0.2) is 18.2 Å². The second kappa shape index (κ2) is 6.79. The van der Waals surface area contributed by atoms with Crippen LogP contribution in [0, 0.1) is 5.92 Å². The molecule has 0 heterocycles. The lowest BCUT2D eigenvalue weighted by Gasteiger charge is -2.31. The Balaban J connectivity index is 1.93. The van der Waals surface area contributed by atoms with Crippen molar-refractivity contribution in [3.63, 3.8) is 0 Å². The first kappa shape index (κ1) is 14.2. The van der Waals surface area contributed by atoms with E-state index in [0.717, 1.165) is 22.5 Å². The second-order valence-corrected chi connectivity index (χ2v) is 6.09. The Labute approximate surface area is 120 Å². The van der Waals surface area contributed by atoms with Gasteiger partial charge in [0.25, 0.3) is 0 Å². The minimum absolute atomic E-state index is 0.654. The monoisotopic (exact) mass is 285 g/mol. The van der Waals surface area contributed by atoms with E-state index in [4.69, 9.17) is 23.2 Å². The average Bonchev–Trinajstić information content (AvgIpc) is 2.35. The van der Waals surface area contributed by atoms with Gasteiger partial charge in [0.2, 0.25) is 0 Å². The molecule has 0 bridgehead atoms. The highest BCUT2D eigenvalue weighted by molar-refractivity contribution is 6.34. The second-order valence-electron chi connectivity index (χ2n) is 5.22. The summed E-state index contributed by atoms with van der Waals surface area (Å²) in [5.74, 6) is 0.827. The summed E-state index contributed by atoms with van der Waals surface area (Å²) in [6.45, 7) is 3.16. The van der Waals surface area contributed by atoms with Gasteiger partial charge in [-0.05, 0) is 42.5 Å². The summed E-state index contributed by atoms with van der Waals surface area (Å²) in [4.78, 5) is 0. The fourth-order valence-corrected chi connectivity index (χ4v) is 3.50. The molecule has 1 fully saturated rings. The Kier molecular flexibility index (Phi) is 5.35. The molecule has 1 N–H and O–H groups in total. The normalized spacial score (nSPS) is 24.2. The molecular formula is C15H21Cl2N. The van der Waals surface area contributed by atoms with E-state index < -0.39 is 0 Å². The molecule has 3 heteroatoms. The molecule has 1 nitrogen and oxygen atoms in total. The molecule has 0 amide bonds. The van der Waals surface area contributed by atoms with Crippen molar-refractivity contribution in [1.29, 1.82) is 0 Å². The molecule has 1 aromatic carbocycles. The molecule has 0 saturated heterocycles. The molecule has 2 rings (SSSR count). The zero-order valence-electron chi connectivity index (χ0n) is 10.9. The summed E-state index contributed by atoms with van der Waals surface area (Å²) in [6, 6.07) is 6.41. The van der Waals surface area contributed by atoms with E-state index in [2.05, 4.69) is 12.2 Å². The maximum atomic E-state index is 6.02. The average molecular weight is 286 g/mol. The molecule has 100 valence electrons. The molecule has 2 unspecified atom stereocenters. The van der Waals surface area contributed by atoms with Gasteiger partial charge in [0.05, 0.1) is 0 Å². The van der Waals surface area contributed by atoms with E-state index in [1.165, 1.54) is 37.7 Å². The molecule has 0 aliphatic heterocycles. The number of halogens is 2. The van der Waals surface area contributed by atoms with E-state index in [1.54, 1.807) is 6.07 Å².